The predicted octanol–water partition coefficient (Wildman–Crippen LogP) is 2.38. The second-order valence-electron chi connectivity index (χ2n) is 7.07. The fourth-order valence-electron chi connectivity index (χ4n) is 3.94. The van der Waals surface area contributed by atoms with Crippen molar-refractivity contribution >= 4 is 10.9 Å². The zero-order valence-electron chi connectivity index (χ0n) is 15.4. The van der Waals surface area contributed by atoms with Crippen LogP contribution in [0.4, 0.5) is 0 Å². The number of fused-ring (bicyclic) bond motifs is 2. The van der Waals surface area contributed by atoms with Crippen molar-refractivity contribution in [3.63, 3.8) is 0 Å². The van der Waals surface area contributed by atoms with Gasteiger partial charge in [-0.05, 0) is 37.6 Å². The van der Waals surface area contributed by atoms with Crippen molar-refractivity contribution in [2.75, 3.05) is 13.2 Å². The highest BCUT2D eigenvalue weighted by atomic mass is 16.5. The van der Waals surface area contributed by atoms with Gasteiger partial charge in [-0.1, -0.05) is 24.3 Å². The lowest BCUT2D eigenvalue weighted by Gasteiger charge is -2.26. The summed E-state index contributed by atoms with van der Waals surface area (Å²) in [6, 6.07) is 14.3. The maximum Gasteiger partial charge on any atom is 0.198 e. The molecule has 0 bridgehead atoms. The minimum absolute atomic E-state index is 0.129. The van der Waals surface area contributed by atoms with Crippen molar-refractivity contribution in [2.45, 2.75) is 33.4 Å². The third-order valence-electron chi connectivity index (χ3n) is 5.33. The molecule has 0 aliphatic carbocycles. The van der Waals surface area contributed by atoms with Gasteiger partial charge in [0.1, 0.15) is 18.8 Å². The van der Waals surface area contributed by atoms with E-state index in [0.29, 0.717) is 12.0 Å². The van der Waals surface area contributed by atoms with Crippen LogP contribution in [-0.2, 0) is 19.5 Å². The van der Waals surface area contributed by atoms with Crippen molar-refractivity contribution in [2.24, 2.45) is 0 Å². The summed E-state index contributed by atoms with van der Waals surface area (Å²) in [5.74, 6) is 0.750. The summed E-state index contributed by atoms with van der Waals surface area (Å²) in [5.41, 5.74) is 5.71. The lowest BCUT2D eigenvalue weighted by Crippen LogP contribution is -3.10. The van der Waals surface area contributed by atoms with Crippen molar-refractivity contribution in [1.82, 2.24) is 4.98 Å². The molecule has 2 heterocycles. The number of aromatic nitrogens is 1. The molecule has 134 valence electrons. The molecule has 3 aromatic rings. The first-order valence-corrected chi connectivity index (χ1v) is 9.34. The van der Waals surface area contributed by atoms with Crippen LogP contribution < -0.4 is 15.1 Å². The summed E-state index contributed by atoms with van der Waals surface area (Å²) < 4.78 is 5.57. The average Bonchev–Trinajstić information content (AvgIpc) is 2.66. The van der Waals surface area contributed by atoms with E-state index in [1.54, 1.807) is 0 Å². The number of H-pyrrole nitrogens is 1. The molecule has 1 aliphatic heterocycles. The highest BCUT2D eigenvalue weighted by Crippen LogP contribution is 2.19. The molecule has 0 saturated carbocycles. The van der Waals surface area contributed by atoms with E-state index in [4.69, 9.17) is 4.74 Å². The first kappa shape index (κ1) is 16.9. The molecule has 2 aromatic carbocycles. The monoisotopic (exact) mass is 349 g/mol. The van der Waals surface area contributed by atoms with Gasteiger partial charge in [-0.25, -0.2) is 0 Å². The van der Waals surface area contributed by atoms with Crippen molar-refractivity contribution in [1.29, 1.82) is 0 Å². The quantitative estimate of drug-likeness (QED) is 0.760. The van der Waals surface area contributed by atoms with Crippen LogP contribution in [0.2, 0.25) is 0 Å². The smallest absolute Gasteiger partial charge is 0.198 e. The van der Waals surface area contributed by atoms with Gasteiger partial charge in [-0.2, -0.15) is 0 Å². The summed E-state index contributed by atoms with van der Waals surface area (Å²) in [6.45, 7) is 7.35. The molecule has 1 unspecified atom stereocenters. The Bertz CT molecular complexity index is 1010. The number of rotatable bonds is 4. The van der Waals surface area contributed by atoms with Crippen LogP contribution >= 0.6 is 0 Å². The fraction of sp³-hybridized carbons (Fsp3) is 0.318. The standard InChI is InChI=1S/C22H24N2O2/c1-3-26-18-8-9-21-19(12-18)22(25)20(15(2)23-21)14-24-11-10-16-6-4-5-7-17(16)13-24/h4-9,12H,3,10-11,13-14H2,1-2H3,(H,23,25)/p+1. The van der Waals surface area contributed by atoms with Gasteiger partial charge >= 0.3 is 0 Å². The van der Waals surface area contributed by atoms with Crippen molar-refractivity contribution in [3.8, 4) is 5.75 Å². The SMILES string of the molecule is CCOc1ccc2[nH]c(C)c(C[NH+]3CCc4ccccc4C3)c(=O)c2c1. The molecule has 1 aliphatic rings. The summed E-state index contributed by atoms with van der Waals surface area (Å²) in [7, 11) is 0. The van der Waals surface area contributed by atoms with E-state index in [2.05, 4.69) is 29.2 Å². The summed E-state index contributed by atoms with van der Waals surface area (Å²) in [4.78, 5) is 18.0. The van der Waals surface area contributed by atoms with Crippen LogP contribution in [0.1, 0.15) is 29.3 Å². The van der Waals surface area contributed by atoms with Gasteiger partial charge in [0.2, 0.25) is 0 Å². The molecule has 1 atom stereocenters. The van der Waals surface area contributed by atoms with E-state index in [1.165, 1.54) is 16.0 Å². The number of hydrogen-bond donors (Lipinski definition) is 2. The van der Waals surface area contributed by atoms with Crippen LogP contribution in [-0.4, -0.2) is 18.1 Å². The molecule has 4 nitrogen and oxygen atoms in total. The Hall–Kier alpha value is -2.59. The summed E-state index contributed by atoms with van der Waals surface area (Å²) >= 11 is 0. The van der Waals surface area contributed by atoms with E-state index in [0.717, 1.165) is 48.6 Å². The minimum Gasteiger partial charge on any atom is -0.494 e. The first-order valence-electron chi connectivity index (χ1n) is 9.34. The molecule has 0 spiro atoms. The first-order chi connectivity index (χ1) is 12.7. The van der Waals surface area contributed by atoms with Crippen LogP contribution in [0.25, 0.3) is 10.9 Å². The number of pyridine rings is 1. The third-order valence-corrected chi connectivity index (χ3v) is 5.33. The molecular formula is C22H25N2O2+. The third kappa shape index (κ3) is 3.13. The van der Waals surface area contributed by atoms with Gasteiger partial charge in [0.25, 0.3) is 0 Å². The fourth-order valence-corrected chi connectivity index (χ4v) is 3.94. The number of ether oxygens (including phenoxy) is 1. The van der Waals surface area contributed by atoms with E-state index in [9.17, 15) is 4.79 Å². The Morgan fingerprint density at radius 2 is 1.96 bits per heavy atom. The average molecular weight is 349 g/mol. The van der Waals surface area contributed by atoms with Gasteiger partial charge in [-0.3, -0.25) is 4.79 Å². The largest absolute Gasteiger partial charge is 0.494 e. The molecule has 0 radical (unpaired) electrons. The Labute approximate surface area is 153 Å². The Kier molecular flexibility index (Phi) is 4.51. The highest BCUT2D eigenvalue weighted by Gasteiger charge is 2.22. The van der Waals surface area contributed by atoms with Gasteiger partial charge in [0.05, 0.1) is 18.7 Å². The second-order valence-corrected chi connectivity index (χ2v) is 7.07. The van der Waals surface area contributed by atoms with Crippen LogP contribution in [0.3, 0.4) is 0 Å². The molecule has 0 amide bonds. The highest BCUT2D eigenvalue weighted by molar-refractivity contribution is 5.81. The van der Waals surface area contributed by atoms with Crippen LogP contribution in [0.5, 0.6) is 5.75 Å². The topological polar surface area (TPSA) is 46.5 Å². The van der Waals surface area contributed by atoms with E-state index in [1.807, 2.05) is 32.0 Å². The van der Waals surface area contributed by atoms with Crippen molar-refractivity contribution in [3.05, 3.63) is 75.1 Å². The number of nitrogens with one attached hydrogen (secondary N) is 2. The maximum atomic E-state index is 13.1. The van der Waals surface area contributed by atoms with E-state index in [-0.39, 0.29) is 5.43 Å². The number of benzene rings is 2. The number of quaternary nitrogens is 1. The second kappa shape index (κ2) is 6.96. The Morgan fingerprint density at radius 1 is 1.15 bits per heavy atom. The zero-order valence-corrected chi connectivity index (χ0v) is 15.4. The van der Waals surface area contributed by atoms with Gasteiger partial charge < -0.3 is 14.6 Å². The molecule has 0 fully saturated rings. The molecule has 26 heavy (non-hydrogen) atoms. The van der Waals surface area contributed by atoms with Crippen LogP contribution in [0.15, 0.2) is 47.3 Å². The van der Waals surface area contributed by atoms with Crippen LogP contribution in [0, 0.1) is 6.92 Å². The zero-order chi connectivity index (χ0) is 18.1. The molecule has 4 rings (SSSR count). The Balaban J connectivity index is 1.67. The van der Waals surface area contributed by atoms with Gasteiger partial charge in [-0.15, -0.1) is 0 Å². The van der Waals surface area contributed by atoms with Crippen molar-refractivity contribution < 1.29 is 9.64 Å². The number of hydrogen-bond acceptors (Lipinski definition) is 2. The number of aromatic amines is 1. The lowest BCUT2D eigenvalue weighted by molar-refractivity contribution is -0.929. The Morgan fingerprint density at radius 3 is 2.77 bits per heavy atom. The molecule has 4 heteroatoms. The molecular weight excluding hydrogens is 324 g/mol. The minimum atomic E-state index is 0.129. The molecule has 1 aromatic heterocycles. The normalized spacial score (nSPS) is 16.5. The predicted molar refractivity (Wildman–Crippen MR) is 104 cm³/mol. The van der Waals surface area contributed by atoms with Gasteiger partial charge in [0, 0.05) is 28.6 Å². The van der Waals surface area contributed by atoms with Gasteiger partial charge in [0.15, 0.2) is 5.43 Å². The number of aryl methyl sites for hydroxylation is 1. The summed E-state index contributed by atoms with van der Waals surface area (Å²) in [5, 5.41) is 0.716. The maximum absolute atomic E-state index is 13.1. The van der Waals surface area contributed by atoms with E-state index < -0.39 is 0 Å². The lowest BCUT2D eigenvalue weighted by atomic mass is 9.99. The van der Waals surface area contributed by atoms with E-state index >= 15 is 0 Å². The molecule has 2 N–H and O–H groups in total. The molecule has 0 saturated heterocycles. The summed E-state index contributed by atoms with van der Waals surface area (Å²) in [6.07, 6.45) is 1.07.